The fourth-order valence-corrected chi connectivity index (χ4v) is 5.11. The predicted octanol–water partition coefficient (Wildman–Crippen LogP) is 4.80. The first-order valence-corrected chi connectivity index (χ1v) is 12.4. The normalized spacial score (nSPS) is 21.5. The average Bonchev–Trinajstić information content (AvgIpc) is 3.47. The molecule has 7 nitrogen and oxygen atoms in total. The number of nitrogens with zero attached hydrogens (tertiary/aromatic N) is 2. The van der Waals surface area contributed by atoms with Crippen molar-refractivity contribution in [3.05, 3.63) is 64.2 Å². The lowest BCUT2D eigenvalue weighted by Gasteiger charge is -2.28. The fourth-order valence-electron chi connectivity index (χ4n) is 4.85. The van der Waals surface area contributed by atoms with Gasteiger partial charge < -0.3 is 24.4 Å². The summed E-state index contributed by atoms with van der Waals surface area (Å²) >= 11 is 6.27. The van der Waals surface area contributed by atoms with Gasteiger partial charge in [-0.15, -0.1) is 0 Å². The van der Waals surface area contributed by atoms with Crippen LogP contribution in [0.1, 0.15) is 43.9 Å². The summed E-state index contributed by atoms with van der Waals surface area (Å²) in [6.07, 6.45) is 1.61. The highest BCUT2D eigenvalue weighted by Crippen LogP contribution is 2.41. The molecular weight excluding hydrogens is 468 g/mol. The van der Waals surface area contributed by atoms with Gasteiger partial charge >= 0.3 is 0 Å². The minimum absolute atomic E-state index is 0.0461. The third-order valence-corrected chi connectivity index (χ3v) is 7.02. The van der Waals surface area contributed by atoms with Crippen molar-refractivity contribution in [3.8, 4) is 5.75 Å². The summed E-state index contributed by atoms with van der Waals surface area (Å²) in [5, 5.41) is 11.6. The summed E-state index contributed by atoms with van der Waals surface area (Å²) in [6.45, 7) is 6.84. The zero-order chi connectivity index (χ0) is 25.1. The Morgan fingerprint density at radius 1 is 1.17 bits per heavy atom. The van der Waals surface area contributed by atoms with E-state index in [2.05, 4.69) is 18.7 Å². The molecule has 2 unspecified atom stereocenters. The van der Waals surface area contributed by atoms with Crippen LogP contribution in [0.4, 0.5) is 5.69 Å². The number of hydrogen-bond acceptors (Lipinski definition) is 6. The van der Waals surface area contributed by atoms with Crippen molar-refractivity contribution in [3.63, 3.8) is 0 Å². The number of Topliss-reactive ketones (excluding diaryl/α,β-unsaturated/α-hetero) is 1. The van der Waals surface area contributed by atoms with E-state index in [1.54, 1.807) is 12.1 Å². The molecule has 2 aromatic rings. The molecule has 2 heterocycles. The van der Waals surface area contributed by atoms with E-state index in [4.69, 9.17) is 21.1 Å². The highest BCUT2D eigenvalue weighted by Gasteiger charge is 2.47. The zero-order valence-corrected chi connectivity index (χ0v) is 21.0. The minimum Gasteiger partial charge on any atom is -0.507 e. The quantitative estimate of drug-likeness (QED) is 0.320. The van der Waals surface area contributed by atoms with E-state index in [0.717, 1.165) is 37.2 Å². The third-order valence-electron chi connectivity index (χ3n) is 6.73. The third kappa shape index (κ3) is 4.88. The van der Waals surface area contributed by atoms with E-state index in [1.807, 2.05) is 24.3 Å². The lowest BCUT2D eigenvalue weighted by Crippen LogP contribution is -2.36. The Kier molecular flexibility index (Phi) is 7.67. The molecule has 2 atom stereocenters. The Morgan fingerprint density at radius 2 is 1.89 bits per heavy atom. The lowest BCUT2D eigenvalue weighted by atomic mass is 9.95. The second kappa shape index (κ2) is 10.7. The average molecular weight is 499 g/mol. The number of hydrogen-bond donors (Lipinski definition) is 1. The van der Waals surface area contributed by atoms with Crippen molar-refractivity contribution in [2.75, 3.05) is 38.3 Å². The molecule has 4 rings (SSSR count). The van der Waals surface area contributed by atoms with Crippen LogP contribution >= 0.6 is 11.6 Å². The molecule has 8 heteroatoms. The van der Waals surface area contributed by atoms with E-state index in [-0.39, 0.29) is 24.0 Å². The number of rotatable bonds is 8. The smallest absolute Gasteiger partial charge is 0.295 e. The van der Waals surface area contributed by atoms with Crippen LogP contribution in [0.15, 0.2) is 48.0 Å². The minimum atomic E-state index is -0.731. The SMILES string of the molecule is CCN(CC)c1ccc(C2/C(=C(/O)c3ccc(OC)c(Cl)c3)C(=O)C(=O)N2CC2CCCO2)cc1. The Morgan fingerprint density at radius 3 is 2.46 bits per heavy atom. The molecule has 2 aromatic carbocycles. The van der Waals surface area contributed by atoms with Gasteiger partial charge in [-0.2, -0.15) is 0 Å². The second-order valence-electron chi connectivity index (χ2n) is 8.70. The molecule has 2 saturated heterocycles. The molecule has 186 valence electrons. The number of aliphatic hydroxyl groups excluding tert-OH is 1. The van der Waals surface area contributed by atoms with Crippen LogP contribution in [0.3, 0.4) is 0 Å². The molecule has 2 fully saturated rings. The molecule has 0 aliphatic carbocycles. The summed E-state index contributed by atoms with van der Waals surface area (Å²) in [6, 6.07) is 11.8. The van der Waals surface area contributed by atoms with Gasteiger partial charge in [0.25, 0.3) is 11.7 Å². The Hall–Kier alpha value is -3.03. The number of ether oxygens (including phenoxy) is 2. The van der Waals surface area contributed by atoms with Crippen LogP contribution in [-0.2, 0) is 14.3 Å². The van der Waals surface area contributed by atoms with Crippen molar-refractivity contribution in [2.45, 2.75) is 38.8 Å². The first kappa shape index (κ1) is 25.1. The Labute approximate surface area is 210 Å². The largest absolute Gasteiger partial charge is 0.507 e. The first-order chi connectivity index (χ1) is 16.9. The van der Waals surface area contributed by atoms with Gasteiger partial charge in [0.2, 0.25) is 0 Å². The molecule has 2 aliphatic rings. The fraction of sp³-hybridized carbons (Fsp3) is 0.407. The molecule has 1 amide bonds. The number of carbonyl (C=O) groups excluding carboxylic acids is 2. The van der Waals surface area contributed by atoms with Crippen LogP contribution in [0.25, 0.3) is 5.76 Å². The first-order valence-electron chi connectivity index (χ1n) is 12.0. The number of carbonyl (C=O) groups is 2. The van der Waals surface area contributed by atoms with Crippen LogP contribution in [0, 0.1) is 0 Å². The topological polar surface area (TPSA) is 79.3 Å². The summed E-state index contributed by atoms with van der Waals surface area (Å²) in [5.74, 6) is -1.17. The number of ketones is 1. The number of amides is 1. The number of methoxy groups -OCH3 is 1. The maximum absolute atomic E-state index is 13.2. The van der Waals surface area contributed by atoms with Crippen molar-refractivity contribution < 1.29 is 24.2 Å². The highest BCUT2D eigenvalue weighted by atomic mass is 35.5. The molecule has 0 aromatic heterocycles. The van der Waals surface area contributed by atoms with Crippen LogP contribution < -0.4 is 9.64 Å². The van der Waals surface area contributed by atoms with Gasteiger partial charge in [0.15, 0.2) is 0 Å². The van der Waals surface area contributed by atoms with Gasteiger partial charge in [0.1, 0.15) is 11.5 Å². The lowest BCUT2D eigenvalue weighted by molar-refractivity contribution is -0.140. The van der Waals surface area contributed by atoms with Crippen LogP contribution in [0.2, 0.25) is 5.02 Å². The van der Waals surface area contributed by atoms with E-state index in [9.17, 15) is 14.7 Å². The molecule has 0 spiro atoms. The Balaban J connectivity index is 1.80. The second-order valence-corrected chi connectivity index (χ2v) is 9.11. The highest BCUT2D eigenvalue weighted by molar-refractivity contribution is 6.46. The van der Waals surface area contributed by atoms with Gasteiger partial charge in [-0.3, -0.25) is 9.59 Å². The molecule has 35 heavy (non-hydrogen) atoms. The van der Waals surface area contributed by atoms with Crippen molar-refractivity contribution in [1.29, 1.82) is 0 Å². The molecule has 0 radical (unpaired) electrons. The Bertz CT molecular complexity index is 1120. The molecule has 2 aliphatic heterocycles. The zero-order valence-electron chi connectivity index (χ0n) is 20.3. The van der Waals surface area contributed by atoms with Crippen molar-refractivity contribution in [2.24, 2.45) is 0 Å². The van der Waals surface area contributed by atoms with Crippen LogP contribution in [-0.4, -0.2) is 61.2 Å². The van der Waals surface area contributed by atoms with E-state index in [0.29, 0.717) is 22.9 Å². The maximum atomic E-state index is 13.2. The molecule has 1 N–H and O–H groups in total. The summed E-state index contributed by atoms with van der Waals surface area (Å²) < 4.78 is 11.0. The number of benzene rings is 2. The molecule has 0 saturated carbocycles. The number of aliphatic hydroxyl groups is 1. The van der Waals surface area contributed by atoms with Gasteiger partial charge in [-0.25, -0.2) is 0 Å². The number of halogens is 1. The van der Waals surface area contributed by atoms with Crippen LogP contribution in [0.5, 0.6) is 5.75 Å². The van der Waals surface area contributed by atoms with Crippen molar-refractivity contribution in [1.82, 2.24) is 4.90 Å². The molecular formula is C27H31ClN2O5. The van der Waals surface area contributed by atoms with E-state index < -0.39 is 17.7 Å². The number of anilines is 1. The van der Waals surface area contributed by atoms with Gasteiger partial charge in [-0.05, 0) is 62.6 Å². The van der Waals surface area contributed by atoms with Crippen molar-refractivity contribution >= 4 is 34.7 Å². The number of likely N-dealkylation sites (tertiary alicyclic amines) is 1. The molecule has 0 bridgehead atoms. The summed E-state index contributed by atoms with van der Waals surface area (Å²) in [7, 11) is 1.50. The maximum Gasteiger partial charge on any atom is 0.295 e. The summed E-state index contributed by atoms with van der Waals surface area (Å²) in [5.41, 5.74) is 2.19. The van der Waals surface area contributed by atoms with Gasteiger partial charge in [0, 0.05) is 37.5 Å². The predicted molar refractivity (Wildman–Crippen MR) is 136 cm³/mol. The van der Waals surface area contributed by atoms with E-state index >= 15 is 0 Å². The van der Waals surface area contributed by atoms with E-state index in [1.165, 1.54) is 18.1 Å². The standard InChI is InChI=1S/C27H31ClN2O5/c1-4-29(5-2)19-11-8-17(9-12-19)24-23(25(31)18-10-13-22(34-3)21(28)15-18)26(32)27(33)30(24)16-20-7-6-14-35-20/h8-13,15,20,24,31H,4-7,14,16H2,1-3H3/b25-23-. The van der Waals surface area contributed by atoms with Gasteiger partial charge in [-0.1, -0.05) is 23.7 Å². The monoisotopic (exact) mass is 498 g/mol. The van der Waals surface area contributed by atoms with Gasteiger partial charge in [0.05, 0.1) is 29.9 Å². The summed E-state index contributed by atoms with van der Waals surface area (Å²) in [4.78, 5) is 30.2.